The van der Waals surface area contributed by atoms with Crippen LogP contribution in [0.25, 0.3) is 0 Å². The minimum absolute atomic E-state index is 0.125. The molecule has 0 saturated heterocycles. The van der Waals surface area contributed by atoms with E-state index in [1.54, 1.807) is 43.5 Å². The van der Waals surface area contributed by atoms with Crippen molar-refractivity contribution in [3.8, 4) is 5.75 Å². The fourth-order valence-corrected chi connectivity index (χ4v) is 2.07. The van der Waals surface area contributed by atoms with E-state index in [1.165, 1.54) is 0 Å². The third-order valence-electron chi connectivity index (χ3n) is 3.20. The number of para-hydroxylation sites is 1. The number of ether oxygens (including phenoxy) is 1. The van der Waals surface area contributed by atoms with E-state index < -0.39 is 0 Å². The molecule has 0 aliphatic carbocycles. The van der Waals surface area contributed by atoms with Crippen LogP contribution in [0.15, 0.2) is 48.5 Å². The zero-order valence-electron chi connectivity index (χ0n) is 13.1. The van der Waals surface area contributed by atoms with Crippen molar-refractivity contribution in [2.24, 2.45) is 0 Å². The molecule has 0 unspecified atom stereocenters. The Kier molecular flexibility index (Phi) is 6.45. The molecule has 0 fully saturated rings. The lowest BCUT2D eigenvalue weighted by molar-refractivity contribution is -0.113. The maximum Gasteiger partial charge on any atom is 0.319 e. The molecule has 0 aliphatic rings. The largest absolute Gasteiger partial charge is 0.497 e. The Balaban J connectivity index is 1.92. The Hall–Kier alpha value is -2.73. The molecule has 0 aromatic heterocycles. The van der Waals surface area contributed by atoms with Gasteiger partial charge in [-0.3, -0.25) is 4.79 Å². The number of carbonyl (C=O) groups is 2. The maximum absolute atomic E-state index is 12.0. The molecular formula is C17H18ClN3O3. The van der Waals surface area contributed by atoms with Crippen LogP contribution in [0.2, 0.25) is 0 Å². The summed E-state index contributed by atoms with van der Waals surface area (Å²) in [5, 5.41) is 8.15. The smallest absolute Gasteiger partial charge is 0.319 e. The van der Waals surface area contributed by atoms with E-state index in [4.69, 9.17) is 16.3 Å². The molecule has 0 radical (unpaired) electrons. The van der Waals surface area contributed by atoms with Gasteiger partial charge < -0.3 is 20.7 Å². The van der Waals surface area contributed by atoms with Crippen LogP contribution in [0.1, 0.15) is 5.56 Å². The Morgan fingerprint density at radius 2 is 1.75 bits per heavy atom. The molecule has 7 heteroatoms. The number of benzene rings is 2. The van der Waals surface area contributed by atoms with E-state index in [9.17, 15) is 9.59 Å². The molecule has 24 heavy (non-hydrogen) atoms. The van der Waals surface area contributed by atoms with E-state index in [0.717, 1.165) is 5.56 Å². The Morgan fingerprint density at radius 3 is 2.42 bits per heavy atom. The van der Waals surface area contributed by atoms with Gasteiger partial charge in [0.2, 0.25) is 5.91 Å². The van der Waals surface area contributed by atoms with Gasteiger partial charge in [0.15, 0.2) is 0 Å². The molecule has 0 atom stereocenters. The summed E-state index contributed by atoms with van der Waals surface area (Å²) in [5.41, 5.74) is 2.05. The summed E-state index contributed by atoms with van der Waals surface area (Å²) in [5.74, 6) is 0.288. The number of nitrogens with one attached hydrogen (secondary N) is 3. The Bertz CT molecular complexity index is 704. The number of halogens is 1. The lowest BCUT2D eigenvalue weighted by atomic mass is 10.1. The van der Waals surface area contributed by atoms with Crippen molar-refractivity contribution in [3.63, 3.8) is 0 Å². The van der Waals surface area contributed by atoms with E-state index in [1.807, 2.05) is 12.1 Å². The monoisotopic (exact) mass is 347 g/mol. The number of amides is 3. The van der Waals surface area contributed by atoms with E-state index in [0.29, 0.717) is 17.1 Å². The molecule has 0 heterocycles. The van der Waals surface area contributed by atoms with Crippen LogP contribution < -0.4 is 20.7 Å². The predicted molar refractivity (Wildman–Crippen MR) is 94.6 cm³/mol. The lowest BCUT2D eigenvalue weighted by Gasteiger charge is -2.12. The van der Waals surface area contributed by atoms with Gasteiger partial charge in [-0.05, 0) is 35.9 Å². The second-order valence-corrected chi connectivity index (χ2v) is 5.14. The second-order valence-electron chi connectivity index (χ2n) is 4.88. The molecule has 0 saturated carbocycles. The number of anilines is 2. The standard InChI is InChI=1S/C17H18ClN3O3/c1-24-14-8-6-13(7-9-14)20-17(23)19-11-12-4-2-3-5-15(12)21-16(22)10-18/h2-9H,10-11H2,1H3,(H,21,22)(H2,19,20,23). The average Bonchev–Trinajstić information content (AvgIpc) is 2.61. The molecule has 3 amide bonds. The summed E-state index contributed by atoms with van der Waals surface area (Å²) in [7, 11) is 1.58. The third-order valence-corrected chi connectivity index (χ3v) is 3.44. The van der Waals surface area contributed by atoms with Crippen LogP contribution in [-0.4, -0.2) is 24.9 Å². The van der Waals surface area contributed by atoms with Crippen molar-refractivity contribution in [2.45, 2.75) is 6.54 Å². The number of hydrogen-bond donors (Lipinski definition) is 3. The second kappa shape index (κ2) is 8.79. The zero-order chi connectivity index (χ0) is 17.4. The van der Waals surface area contributed by atoms with Crippen molar-refractivity contribution < 1.29 is 14.3 Å². The lowest BCUT2D eigenvalue weighted by Crippen LogP contribution is -2.28. The van der Waals surface area contributed by atoms with Crippen LogP contribution in [0.4, 0.5) is 16.2 Å². The normalized spacial score (nSPS) is 9.92. The molecule has 6 nitrogen and oxygen atoms in total. The topological polar surface area (TPSA) is 79.5 Å². The highest BCUT2D eigenvalue weighted by Crippen LogP contribution is 2.16. The molecule has 0 spiro atoms. The van der Waals surface area contributed by atoms with Gasteiger partial charge in [0.1, 0.15) is 11.6 Å². The SMILES string of the molecule is COc1ccc(NC(=O)NCc2ccccc2NC(=O)CCl)cc1. The van der Waals surface area contributed by atoms with Crippen LogP contribution in [0, 0.1) is 0 Å². The number of urea groups is 1. The Morgan fingerprint density at radius 1 is 1.04 bits per heavy atom. The first-order valence-electron chi connectivity index (χ1n) is 7.25. The molecule has 0 bridgehead atoms. The van der Waals surface area contributed by atoms with E-state index in [-0.39, 0.29) is 24.4 Å². The van der Waals surface area contributed by atoms with Gasteiger partial charge >= 0.3 is 6.03 Å². The fourth-order valence-electron chi connectivity index (χ4n) is 2.01. The maximum atomic E-state index is 12.0. The average molecular weight is 348 g/mol. The van der Waals surface area contributed by atoms with E-state index >= 15 is 0 Å². The van der Waals surface area contributed by atoms with E-state index in [2.05, 4.69) is 16.0 Å². The van der Waals surface area contributed by atoms with Gasteiger partial charge in [-0.25, -0.2) is 4.79 Å². The number of hydrogen-bond acceptors (Lipinski definition) is 3. The summed E-state index contributed by atoms with van der Waals surface area (Å²) in [6.07, 6.45) is 0. The Labute approximate surface area is 145 Å². The number of carbonyl (C=O) groups excluding carboxylic acids is 2. The molecule has 2 aromatic rings. The first kappa shape index (κ1) is 17.6. The van der Waals surface area contributed by atoms with Crippen LogP contribution >= 0.6 is 11.6 Å². The number of alkyl halides is 1. The molecule has 3 N–H and O–H groups in total. The summed E-state index contributed by atoms with van der Waals surface area (Å²) >= 11 is 5.49. The highest BCUT2D eigenvalue weighted by Gasteiger charge is 2.07. The van der Waals surface area contributed by atoms with Crippen molar-refractivity contribution in [3.05, 3.63) is 54.1 Å². The summed E-state index contributed by atoms with van der Waals surface area (Å²) in [4.78, 5) is 23.4. The highest BCUT2D eigenvalue weighted by atomic mass is 35.5. The minimum atomic E-state index is -0.348. The zero-order valence-corrected chi connectivity index (χ0v) is 13.9. The van der Waals surface area contributed by atoms with Crippen molar-refractivity contribution in [1.29, 1.82) is 0 Å². The molecule has 0 aliphatic heterocycles. The summed E-state index contributed by atoms with van der Waals surface area (Å²) in [6.45, 7) is 0.265. The van der Waals surface area contributed by atoms with Crippen LogP contribution in [0.5, 0.6) is 5.75 Å². The molecule has 2 aromatic carbocycles. The van der Waals surface area contributed by atoms with Gasteiger partial charge in [-0.15, -0.1) is 11.6 Å². The van der Waals surface area contributed by atoms with Gasteiger partial charge in [-0.1, -0.05) is 18.2 Å². The predicted octanol–water partition coefficient (Wildman–Crippen LogP) is 3.19. The van der Waals surface area contributed by atoms with Crippen molar-refractivity contribution in [1.82, 2.24) is 5.32 Å². The van der Waals surface area contributed by atoms with Crippen LogP contribution in [-0.2, 0) is 11.3 Å². The van der Waals surface area contributed by atoms with Gasteiger partial charge in [-0.2, -0.15) is 0 Å². The van der Waals surface area contributed by atoms with Gasteiger partial charge in [0, 0.05) is 17.9 Å². The quantitative estimate of drug-likeness (QED) is 0.702. The molecule has 126 valence electrons. The summed E-state index contributed by atoms with van der Waals surface area (Å²) in [6, 6.07) is 13.8. The number of rotatable bonds is 6. The first-order valence-corrected chi connectivity index (χ1v) is 7.78. The highest BCUT2D eigenvalue weighted by molar-refractivity contribution is 6.29. The van der Waals surface area contributed by atoms with Gasteiger partial charge in [0.25, 0.3) is 0 Å². The molecule has 2 rings (SSSR count). The molecular weight excluding hydrogens is 330 g/mol. The van der Waals surface area contributed by atoms with Crippen LogP contribution in [0.3, 0.4) is 0 Å². The third kappa shape index (κ3) is 5.17. The summed E-state index contributed by atoms with van der Waals surface area (Å²) < 4.78 is 5.06. The van der Waals surface area contributed by atoms with Gasteiger partial charge in [0.05, 0.1) is 7.11 Å². The van der Waals surface area contributed by atoms with Crippen molar-refractivity contribution >= 4 is 34.9 Å². The fraction of sp³-hybridized carbons (Fsp3) is 0.176. The van der Waals surface area contributed by atoms with Crippen molar-refractivity contribution in [2.75, 3.05) is 23.6 Å². The first-order chi connectivity index (χ1) is 11.6. The minimum Gasteiger partial charge on any atom is -0.497 e. The number of methoxy groups -OCH3 is 1.